The predicted octanol–water partition coefficient (Wildman–Crippen LogP) is 2.41. The van der Waals surface area contributed by atoms with Crippen molar-refractivity contribution in [3.63, 3.8) is 0 Å². The largest absolute Gasteiger partial charge is 0.464 e. The van der Waals surface area contributed by atoms with Crippen molar-refractivity contribution in [2.24, 2.45) is 0 Å². The minimum Gasteiger partial charge on any atom is -0.464 e. The predicted molar refractivity (Wildman–Crippen MR) is 49.9 cm³/mol. The molecule has 0 aliphatic carbocycles. The number of anilines is 1. The summed E-state index contributed by atoms with van der Waals surface area (Å²) in [4.78, 5) is 14.2. The molecule has 0 aliphatic rings. The molecule has 0 saturated carbocycles. The molecule has 0 saturated heterocycles. The van der Waals surface area contributed by atoms with E-state index in [-0.39, 0.29) is 0 Å². The minimum absolute atomic E-state index is 0.375. The number of ether oxygens (including phenoxy) is 1. The third-order valence-corrected chi connectivity index (χ3v) is 1.97. The minimum atomic E-state index is -5.17. The highest BCUT2D eigenvalue weighted by Crippen LogP contribution is 2.39. The SMILES string of the molecule is COC(=O)c1nc(N)cc(C(F)F)c1C(F)(F)F. The first-order valence-electron chi connectivity index (χ1n) is 4.42. The molecule has 1 rings (SSSR count). The zero-order valence-corrected chi connectivity index (χ0v) is 8.89. The van der Waals surface area contributed by atoms with Gasteiger partial charge in [-0.05, 0) is 6.07 Å². The van der Waals surface area contributed by atoms with E-state index in [0.717, 1.165) is 7.11 Å². The fraction of sp³-hybridized carbons (Fsp3) is 0.333. The second-order valence-corrected chi connectivity index (χ2v) is 3.15. The van der Waals surface area contributed by atoms with Crippen LogP contribution in [0.25, 0.3) is 0 Å². The Bertz CT molecular complexity index is 473. The smallest absolute Gasteiger partial charge is 0.419 e. The summed E-state index contributed by atoms with van der Waals surface area (Å²) in [6, 6.07) is 0.375. The van der Waals surface area contributed by atoms with Crippen molar-refractivity contribution >= 4 is 11.8 Å². The van der Waals surface area contributed by atoms with Crippen LogP contribution in [0.3, 0.4) is 0 Å². The number of halogens is 5. The second kappa shape index (κ2) is 4.75. The average Bonchev–Trinajstić information content (AvgIpc) is 2.24. The number of nitrogens with zero attached hydrogens (tertiary/aromatic N) is 1. The summed E-state index contributed by atoms with van der Waals surface area (Å²) in [5, 5.41) is 0. The Kier molecular flexibility index (Phi) is 3.73. The van der Waals surface area contributed by atoms with E-state index >= 15 is 0 Å². The summed E-state index contributed by atoms with van der Waals surface area (Å²) >= 11 is 0. The number of carbonyl (C=O) groups excluding carboxylic acids is 1. The zero-order valence-electron chi connectivity index (χ0n) is 8.89. The highest BCUT2D eigenvalue weighted by Gasteiger charge is 2.41. The summed E-state index contributed by atoms with van der Waals surface area (Å²) in [7, 11) is 0.801. The van der Waals surface area contributed by atoms with Crippen molar-refractivity contribution in [1.29, 1.82) is 0 Å². The molecule has 100 valence electrons. The summed E-state index contributed by atoms with van der Waals surface area (Å²) in [6.45, 7) is 0. The number of hydrogen-bond donors (Lipinski definition) is 1. The van der Waals surface area contributed by atoms with Crippen LogP contribution in [0.1, 0.15) is 28.0 Å². The van der Waals surface area contributed by atoms with Crippen LogP contribution >= 0.6 is 0 Å². The molecular formula is C9H7F5N2O2. The fourth-order valence-corrected chi connectivity index (χ4v) is 1.30. The van der Waals surface area contributed by atoms with Gasteiger partial charge >= 0.3 is 12.1 Å². The lowest BCUT2D eigenvalue weighted by molar-refractivity contribution is -0.140. The highest BCUT2D eigenvalue weighted by molar-refractivity contribution is 5.90. The van der Waals surface area contributed by atoms with E-state index in [1.54, 1.807) is 0 Å². The van der Waals surface area contributed by atoms with Crippen LogP contribution in [0.4, 0.5) is 27.8 Å². The lowest BCUT2D eigenvalue weighted by Crippen LogP contribution is -2.20. The van der Waals surface area contributed by atoms with Crippen molar-refractivity contribution in [3.8, 4) is 0 Å². The van der Waals surface area contributed by atoms with Crippen LogP contribution in [0, 0.1) is 0 Å². The van der Waals surface area contributed by atoms with Gasteiger partial charge in [0.2, 0.25) is 0 Å². The number of hydrogen-bond acceptors (Lipinski definition) is 4. The summed E-state index contributed by atoms with van der Waals surface area (Å²) in [5.74, 6) is -2.12. The molecule has 0 aromatic carbocycles. The van der Waals surface area contributed by atoms with Crippen LogP contribution in [0.5, 0.6) is 0 Å². The fourth-order valence-electron chi connectivity index (χ4n) is 1.30. The zero-order chi connectivity index (χ0) is 14.1. The number of esters is 1. The van der Waals surface area contributed by atoms with Gasteiger partial charge in [-0.3, -0.25) is 0 Å². The molecule has 0 spiro atoms. The summed E-state index contributed by atoms with van der Waals surface area (Å²) in [5.41, 5.74) is 0.563. The molecule has 0 unspecified atom stereocenters. The molecule has 0 fully saturated rings. The van der Waals surface area contributed by atoms with Crippen molar-refractivity contribution in [2.45, 2.75) is 12.6 Å². The van der Waals surface area contributed by atoms with E-state index in [9.17, 15) is 26.7 Å². The van der Waals surface area contributed by atoms with Crippen molar-refractivity contribution in [3.05, 3.63) is 22.9 Å². The number of nitrogen functional groups attached to an aromatic ring is 1. The van der Waals surface area contributed by atoms with Gasteiger partial charge in [0, 0.05) is 5.56 Å². The Morgan fingerprint density at radius 1 is 1.44 bits per heavy atom. The van der Waals surface area contributed by atoms with E-state index in [0.29, 0.717) is 6.07 Å². The van der Waals surface area contributed by atoms with Gasteiger partial charge in [-0.15, -0.1) is 0 Å². The maximum absolute atomic E-state index is 12.7. The topological polar surface area (TPSA) is 65.2 Å². The summed E-state index contributed by atoms with van der Waals surface area (Å²) < 4.78 is 67.2. The van der Waals surface area contributed by atoms with Crippen LogP contribution in [-0.2, 0) is 10.9 Å². The van der Waals surface area contributed by atoms with Crippen molar-refractivity contribution < 1.29 is 31.5 Å². The van der Waals surface area contributed by atoms with E-state index in [1.807, 2.05) is 0 Å². The normalized spacial score (nSPS) is 11.7. The van der Waals surface area contributed by atoms with Gasteiger partial charge in [0.05, 0.1) is 12.7 Å². The Hall–Kier alpha value is -1.93. The number of pyridine rings is 1. The Morgan fingerprint density at radius 2 is 2.00 bits per heavy atom. The van der Waals surface area contributed by atoms with Gasteiger partial charge in [-0.1, -0.05) is 0 Å². The Labute approximate surface area is 97.6 Å². The highest BCUT2D eigenvalue weighted by atomic mass is 19.4. The molecule has 1 aromatic rings. The molecule has 0 amide bonds. The van der Waals surface area contributed by atoms with Crippen LogP contribution in [0.2, 0.25) is 0 Å². The number of alkyl halides is 5. The monoisotopic (exact) mass is 270 g/mol. The molecule has 0 atom stereocenters. The first kappa shape index (κ1) is 14.1. The number of rotatable bonds is 2. The molecule has 1 heterocycles. The molecular weight excluding hydrogens is 263 g/mol. The first-order chi connectivity index (χ1) is 8.18. The van der Waals surface area contributed by atoms with Crippen LogP contribution in [-0.4, -0.2) is 18.1 Å². The molecule has 0 bridgehead atoms. The molecule has 0 aliphatic heterocycles. The van der Waals surface area contributed by atoms with Crippen molar-refractivity contribution in [1.82, 2.24) is 4.98 Å². The molecule has 0 radical (unpaired) electrons. The maximum Gasteiger partial charge on any atom is 0.419 e. The van der Waals surface area contributed by atoms with E-state index in [1.165, 1.54) is 0 Å². The van der Waals surface area contributed by atoms with Gasteiger partial charge in [0.15, 0.2) is 5.69 Å². The Morgan fingerprint density at radius 3 is 2.39 bits per heavy atom. The second-order valence-electron chi connectivity index (χ2n) is 3.15. The number of aromatic nitrogens is 1. The van der Waals surface area contributed by atoms with Crippen LogP contribution < -0.4 is 5.73 Å². The lowest BCUT2D eigenvalue weighted by atomic mass is 10.1. The third kappa shape index (κ3) is 2.66. The lowest BCUT2D eigenvalue weighted by Gasteiger charge is -2.15. The molecule has 18 heavy (non-hydrogen) atoms. The van der Waals surface area contributed by atoms with Gasteiger partial charge in [-0.2, -0.15) is 13.2 Å². The van der Waals surface area contributed by atoms with Gasteiger partial charge in [0.1, 0.15) is 5.82 Å². The van der Waals surface area contributed by atoms with E-state index in [2.05, 4.69) is 9.72 Å². The number of nitrogens with two attached hydrogens (primary N) is 1. The first-order valence-corrected chi connectivity index (χ1v) is 4.42. The standard InChI is InChI=1S/C9H7F5N2O2/c1-18-8(17)6-5(9(12,13)14)3(7(10)11)2-4(15)16-6/h2,7H,1H3,(H2,15,16). The van der Waals surface area contributed by atoms with Gasteiger partial charge in [0.25, 0.3) is 6.43 Å². The maximum atomic E-state index is 12.7. The van der Waals surface area contributed by atoms with Crippen LogP contribution in [0.15, 0.2) is 6.07 Å². The van der Waals surface area contributed by atoms with E-state index in [4.69, 9.17) is 5.73 Å². The van der Waals surface area contributed by atoms with Crippen molar-refractivity contribution in [2.75, 3.05) is 12.8 Å². The quantitative estimate of drug-likeness (QED) is 0.662. The third-order valence-electron chi connectivity index (χ3n) is 1.97. The average molecular weight is 270 g/mol. The summed E-state index contributed by atoms with van der Waals surface area (Å²) in [6.07, 6.45) is -8.62. The molecule has 2 N–H and O–H groups in total. The van der Waals surface area contributed by atoms with E-state index < -0.39 is 41.2 Å². The number of carbonyl (C=O) groups is 1. The molecule has 9 heteroatoms. The van der Waals surface area contributed by atoms with Gasteiger partial charge in [-0.25, -0.2) is 18.6 Å². The molecule has 1 aromatic heterocycles. The molecule has 4 nitrogen and oxygen atoms in total. The van der Waals surface area contributed by atoms with Gasteiger partial charge < -0.3 is 10.5 Å². The number of methoxy groups -OCH3 is 1. The Balaban J connectivity index is 3.64.